The normalized spacial score (nSPS) is 14.1. The van der Waals surface area contributed by atoms with Gasteiger partial charge < -0.3 is 4.90 Å². The molecule has 33 heavy (non-hydrogen) atoms. The van der Waals surface area contributed by atoms with Gasteiger partial charge in [0.25, 0.3) is 17.2 Å². The number of hydrogen-bond donors (Lipinski definition) is 1. The summed E-state index contributed by atoms with van der Waals surface area (Å²) in [5.41, 5.74) is 2.71. The maximum atomic E-state index is 13.8. The van der Waals surface area contributed by atoms with Crippen molar-refractivity contribution in [2.45, 2.75) is 25.4 Å². The molecule has 1 amide bonds. The van der Waals surface area contributed by atoms with E-state index in [1.807, 2.05) is 41.3 Å². The first kappa shape index (κ1) is 21.2. The van der Waals surface area contributed by atoms with Crippen molar-refractivity contribution >= 4 is 39.5 Å². The molecular formula is C25H22N4O3S. The zero-order valence-electron chi connectivity index (χ0n) is 17.7. The van der Waals surface area contributed by atoms with Crippen LogP contribution in [-0.2, 0) is 17.8 Å². The highest BCUT2D eigenvalue weighted by Gasteiger charge is 2.35. The van der Waals surface area contributed by atoms with Crippen LogP contribution in [0.15, 0.2) is 85.3 Å². The Bertz CT molecular complexity index is 1320. The van der Waals surface area contributed by atoms with Crippen LogP contribution in [0.4, 0.5) is 11.4 Å². The van der Waals surface area contributed by atoms with Gasteiger partial charge in [0, 0.05) is 36.6 Å². The SMILES string of the molecule is O=C(c1ccccc1N(c1cccc2cccnc12)S(=O)O)N(Cc1cccnc1)C1CC1. The van der Waals surface area contributed by atoms with Gasteiger partial charge in [0.15, 0.2) is 0 Å². The summed E-state index contributed by atoms with van der Waals surface area (Å²) in [6.45, 7) is 0.434. The van der Waals surface area contributed by atoms with E-state index in [-0.39, 0.29) is 11.9 Å². The molecule has 1 unspecified atom stereocenters. The zero-order valence-corrected chi connectivity index (χ0v) is 18.6. The fourth-order valence-corrected chi connectivity index (χ4v) is 4.62. The van der Waals surface area contributed by atoms with Gasteiger partial charge >= 0.3 is 0 Å². The van der Waals surface area contributed by atoms with E-state index in [4.69, 9.17) is 0 Å². The minimum atomic E-state index is -2.42. The summed E-state index contributed by atoms with van der Waals surface area (Å²) >= 11 is -2.42. The molecule has 1 aliphatic carbocycles. The molecule has 2 aromatic heterocycles. The summed E-state index contributed by atoms with van der Waals surface area (Å²) in [6.07, 6.45) is 6.98. The number of nitrogens with zero attached hydrogens (tertiary/aromatic N) is 4. The van der Waals surface area contributed by atoms with Crippen LogP contribution in [0.25, 0.3) is 10.9 Å². The predicted octanol–water partition coefficient (Wildman–Crippen LogP) is 4.71. The van der Waals surface area contributed by atoms with Crippen LogP contribution in [-0.4, -0.2) is 35.6 Å². The highest BCUT2D eigenvalue weighted by Crippen LogP contribution is 2.36. The topological polar surface area (TPSA) is 86.6 Å². The lowest BCUT2D eigenvalue weighted by atomic mass is 10.1. The van der Waals surface area contributed by atoms with Crippen molar-refractivity contribution in [2.75, 3.05) is 4.31 Å². The predicted molar refractivity (Wildman–Crippen MR) is 128 cm³/mol. The van der Waals surface area contributed by atoms with Gasteiger partial charge in [-0.1, -0.05) is 36.4 Å². The second kappa shape index (κ2) is 9.09. The lowest BCUT2D eigenvalue weighted by Gasteiger charge is -2.27. The molecule has 1 saturated carbocycles. The summed E-state index contributed by atoms with van der Waals surface area (Å²) in [5, 5.41) is 0.838. The average Bonchev–Trinajstić information content (AvgIpc) is 3.69. The van der Waals surface area contributed by atoms with Gasteiger partial charge in [-0.05, 0) is 48.7 Å². The van der Waals surface area contributed by atoms with Crippen molar-refractivity contribution in [2.24, 2.45) is 0 Å². The molecule has 1 aliphatic rings. The number of pyridine rings is 2. The fraction of sp³-hybridized carbons (Fsp3) is 0.160. The number of amides is 1. The lowest BCUT2D eigenvalue weighted by Crippen LogP contribution is -2.34. The van der Waals surface area contributed by atoms with Gasteiger partial charge in [0.2, 0.25) is 0 Å². The first-order valence-corrected chi connectivity index (χ1v) is 11.7. The van der Waals surface area contributed by atoms with Crippen LogP contribution in [0.5, 0.6) is 0 Å². The van der Waals surface area contributed by atoms with Crippen molar-refractivity contribution in [3.05, 3.63) is 96.4 Å². The number of aromatic nitrogens is 2. The molecule has 5 rings (SSSR count). The summed E-state index contributed by atoms with van der Waals surface area (Å²) in [5.74, 6) is -0.180. The lowest BCUT2D eigenvalue weighted by molar-refractivity contribution is 0.0730. The second-order valence-electron chi connectivity index (χ2n) is 7.92. The van der Waals surface area contributed by atoms with Gasteiger partial charge in [-0.3, -0.25) is 19.3 Å². The van der Waals surface area contributed by atoms with Gasteiger partial charge in [-0.15, -0.1) is 0 Å². The van der Waals surface area contributed by atoms with E-state index in [1.54, 1.807) is 48.9 Å². The molecule has 0 bridgehead atoms. The van der Waals surface area contributed by atoms with E-state index in [2.05, 4.69) is 9.97 Å². The standard InChI is InChI=1S/C25H22N4O3S/c30-25(28(20-12-13-20)17-18-6-4-14-26-16-18)21-9-1-2-10-22(21)29(33(31)32)23-11-3-7-19-8-5-15-27-24(19)23/h1-11,14-16,20H,12-13,17H2,(H,31,32). The molecule has 1 N–H and O–H groups in total. The largest absolute Gasteiger partial charge is 0.331 e. The summed E-state index contributed by atoms with van der Waals surface area (Å²) in [7, 11) is 0. The Morgan fingerprint density at radius 3 is 2.48 bits per heavy atom. The summed E-state index contributed by atoms with van der Waals surface area (Å²) < 4.78 is 24.2. The minimum Gasteiger partial charge on any atom is -0.331 e. The number of carbonyl (C=O) groups is 1. The quantitative estimate of drug-likeness (QED) is 0.405. The Kier molecular flexibility index (Phi) is 5.85. The van der Waals surface area contributed by atoms with Crippen molar-refractivity contribution in [1.29, 1.82) is 0 Å². The maximum absolute atomic E-state index is 13.8. The third-order valence-electron chi connectivity index (χ3n) is 5.66. The van der Waals surface area contributed by atoms with E-state index >= 15 is 0 Å². The number of anilines is 2. The minimum absolute atomic E-state index is 0.151. The van der Waals surface area contributed by atoms with Gasteiger partial charge in [-0.2, -0.15) is 0 Å². The van der Waals surface area contributed by atoms with Crippen molar-refractivity contribution in [1.82, 2.24) is 14.9 Å². The zero-order chi connectivity index (χ0) is 22.8. The molecule has 2 aromatic carbocycles. The molecule has 166 valence electrons. The highest BCUT2D eigenvalue weighted by molar-refractivity contribution is 7.81. The molecule has 0 saturated heterocycles. The molecule has 7 nitrogen and oxygen atoms in total. The van der Waals surface area contributed by atoms with Crippen LogP contribution >= 0.6 is 0 Å². The van der Waals surface area contributed by atoms with Gasteiger partial charge in [0.1, 0.15) is 0 Å². The number of fused-ring (bicyclic) bond motifs is 1. The number of carbonyl (C=O) groups excluding carboxylic acids is 1. The summed E-state index contributed by atoms with van der Waals surface area (Å²) in [4.78, 5) is 24.2. The first-order valence-electron chi connectivity index (χ1n) is 10.7. The third kappa shape index (κ3) is 4.35. The van der Waals surface area contributed by atoms with Crippen LogP contribution in [0.1, 0.15) is 28.8 Å². The fourth-order valence-electron chi connectivity index (χ4n) is 3.98. The van der Waals surface area contributed by atoms with E-state index in [0.29, 0.717) is 29.0 Å². The number of benzene rings is 2. The molecular weight excluding hydrogens is 436 g/mol. The Balaban J connectivity index is 1.58. The van der Waals surface area contributed by atoms with Crippen LogP contribution in [0.3, 0.4) is 0 Å². The van der Waals surface area contributed by atoms with Gasteiger partial charge in [-0.25, -0.2) is 8.51 Å². The van der Waals surface area contributed by atoms with Crippen molar-refractivity contribution in [3.63, 3.8) is 0 Å². The van der Waals surface area contributed by atoms with E-state index in [1.165, 1.54) is 4.31 Å². The number of para-hydroxylation sites is 2. The first-order chi connectivity index (χ1) is 16.1. The molecule has 0 spiro atoms. The smallest absolute Gasteiger partial charge is 0.266 e. The average molecular weight is 459 g/mol. The van der Waals surface area contributed by atoms with E-state index < -0.39 is 11.3 Å². The Morgan fingerprint density at radius 2 is 1.73 bits per heavy atom. The molecule has 1 atom stereocenters. The molecule has 4 aromatic rings. The summed E-state index contributed by atoms with van der Waals surface area (Å²) in [6, 6.07) is 20.0. The number of hydrogen-bond acceptors (Lipinski definition) is 4. The van der Waals surface area contributed by atoms with Gasteiger partial charge in [0.05, 0.1) is 22.5 Å². The van der Waals surface area contributed by atoms with Crippen LogP contribution in [0.2, 0.25) is 0 Å². The molecule has 8 heteroatoms. The van der Waals surface area contributed by atoms with Crippen LogP contribution in [0, 0.1) is 0 Å². The third-order valence-corrected chi connectivity index (χ3v) is 6.37. The van der Waals surface area contributed by atoms with Crippen molar-refractivity contribution < 1.29 is 13.6 Å². The maximum Gasteiger partial charge on any atom is 0.266 e. The second-order valence-corrected chi connectivity index (χ2v) is 8.75. The molecule has 2 heterocycles. The van der Waals surface area contributed by atoms with Crippen molar-refractivity contribution in [3.8, 4) is 0 Å². The molecule has 1 fully saturated rings. The van der Waals surface area contributed by atoms with E-state index in [0.717, 1.165) is 23.8 Å². The number of rotatable bonds is 7. The monoisotopic (exact) mass is 458 g/mol. The highest BCUT2D eigenvalue weighted by atomic mass is 32.2. The van der Waals surface area contributed by atoms with E-state index in [9.17, 15) is 13.6 Å². The Labute approximate surface area is 194 Å². The Morgan fingerprint density at radius 1 is 0.970 bits per heavy atom. The molecule has 0 radical (unpaired) electrons. The van der Waals surface area contributed by atoms with Crippen LogP contribution < -0.4 is 4.31 Å². The Hall–Kier alpha value is -3.62. The molecule has 0 aliphatic heterocycles.